The third-order valence-corrected chi connectivity index (χ3v) is 6.45. The number of amides is 1. The standard InChI is InChI=1S/C24H20BrN3O3S/c25-18-5-3-4-17(14-18)23-15-21(20-6-1-2-7-22(20)28-23)24(29)27-13-12-16-8-10-19(11-9-16)32(26,30)31/h1-11,14-15H,12-13H2,(H,27,29)(H2,26,30,31). The number of hydrogen-bond acceptors (Lipinski definition) is 4. The molecule has 0 aliphatic heterocycles. The fourth-order valence-electron chi connectivity index (χ4n) is 3.42. The van der Waals surface area contributed by atoms with Crippen molar-refractivity contribution >= 4 is 42.8 Å². The Balaban J connectivity index is 1.55. The summed E-state index contributed by atoms with van der Waals surface area (Å²) in [6.45, 7) is 0.399. The summed E-state index contributed by atoms with van der Waals surface area (Å²) in [7, 11) is -3.72. The molecular weight excluding hydrogens is 490 g/mol. The van der Waals surface area contributed by atoms with Crippen LogP contribution >= 0.6 is 15.9 Å². The molecule has 162 valence electrons. The van der Waals surface area contributed by atoms with Gasteiger partial charge in [-0.05, 0) is 48.4 Å². The van der Waals surface area contributed by atoms with Crippen LogP contribution in [0, 0.1) is 0 Å². The number of primary sulfonamides is 1. The Labute approximate surface area is 194 Å². The number of hydrogen-bond donors (Lipinski definition) is 2. The molecule has 0 saturated heterocycles. The molecule has 1 aromatic heterocycles. The Morgan fingerprint density at radius 1 is 0.969 bits per heavy atom. The van der Waals surface area contributed by atoms with Crippen LogP contribution in [0.4, 0.5) is 0 Å². The van der Waals surface area contributed by atoms with Gasteiger partial charge in [0.1, 0.15) is 0 Å². The summed E-state index contributed by atoms with van der Waals surface area (Å²) in [6, 6.07) is 23.5. The number of nitrogens with one attached hydrogen (secondary N) is 1. The van der Waals surface area contributed by atoms with Gasteiger partial charge in [-0.3, -0.25) is 4.79 Å². The Bertz CT molecular complexity index is 1400. The highest BCUT2D eigenvalue weighted by Crippen LogP contribution is 2.26. The summed E-state index contributed by atoms with van der Waals surface area (Å²) in [6.07, 6.45) is 0.554. The Kier molecular flexibility index (Phi) is 6.36. The van der Waals surface area contributed by atoms with Crippen molar-refractivity contribution in [3.8, 4) is 11.3 Å². The number of sulfonamides is 1. The van der Waals surface area contributed by atoms with E-state index in [1.165, 1.54) is 12.1 Å². The van der Waals surface area contributed by atoms with Gasteiger partial charge < -0.3 is 5.32 Å². The fraction of sp³-hybridized carbons (Fsp3) is 0.0833. The van der Waals surface area contributed by atoms with Crippen molar-refractivity contribution in [2.24, 2.45) is 5.14 Å². The number of fused-ring (bicyclic) bond motifs is 1. The number of aromatic nitrogens is 1. The van der Waals surface area contributed by atoms with E-state index in [1.807, 2.05) is 48.5 Å². The minimum atomic E-state index is -3.72. The number of nitrogens with zero attached hydrogens (tertiary/aromatic N) is 1. The van der Waals surface area contributed by atoms with Gasteiger partial charge in [-0.2, -0.15) is 0 Å². The molecule has 0 aliphatic carbocycles. The maximum Gasteiger partial charge on any atom is 0.252 e. The highest BCUT2D eigenvalue weighted by atomic mass is 79.9. The van der Waals surface area contributed by atoms with E-state index in [1.54, 1.807) is 18.2 Å². The molecule has 8 heteroatoms. The van der Waals surface area contributed by atoms with Crippen LogP contribution in [-0.2, 0) is 16.4 Å². The van der Waals surface area contributed by atoms with Crippen LogP contribution in [0.15, 0.2) is 88.2 Å². The molecule has 0 fully saturated rings. The molecule has 0 spiro atoms. The molecule has 1 heterocycles. The lowest BCUT2D eigenvalue weighted by molar-refractivity contribution is 0.0955. The largest absolute Gasteiger partial charge is 0.352 e. The van der Waals surface area contributed by atoms with Gasteiger partial charge in [-0.15, -0.1) is 0 Å². The van der Waals surface area contributed by atoms with Crippen molar-refractivity contribution in [2.45, 2.75) is 11.3 Å². The van der Waals surface area contributed by atoms with E-state index in [2.05, 4.69) is 21.2 Å². The summed E-state index contributed by atoms with van der Waals surface area (Å²) < 4.78 is 23.7. The first kappa shape index (κ1) is 22.1. The first-order chi connectivity index (χ1) is 15.3. The van der Waals surface area contributed by atoms with Crippen molar-refractivity contribution in [3.05, 3.63) is 94.5 Å². The quantitative estimate of drug-likeness (QED) is 0.404. The van der Waals surface area contributed by atoms with Crippen LogP contribution in [0.1, 0.15) is 15.9 Å². The van der Waals surface area contributed by atoms with E-state index in [9.17, 15) is 13.2 Å². The van der Waals surface area contributed by atoms with Crippen molar-refractivity contribution in [2.75, 3.05) is 6.54 Å². The predicted molar refractivity (Wildman–Crippen MR) is 129 cm³/mol. The maximum absolute atomic E-state index is 13.0. The second-order valence-corrected chi connectivity index (χ2v) is 9.75. The average Bonchev–Trinajstić information content (AvgIpc) is 2.78. The molecule has 6 nitrogen and oxygen atoms in total. The lowest BCUT2D eigenvalue weighted by atomic mass is 10.0. The molecule has 32 heavy (non-hydrogen) atoms. The number of carbonyl (C=O) groups is 1. The van der Waals surface area contributed by atoms with Crippen LogP contribution in [-0.4, -0.2) is 25.9 Å². The SMILES string of the molecule is NS(=O)(=O)c1ccc(CCNC(=O)c2cc(-c3cccc(Br)c3)nc3ccccc23)cc1. The molecule has 0 bridgehead atoms. The van der Waals surface area contributed by atoms with Gasteiger partial charge in [0, 0.05) is 22.0 Å². The zero-order valence-corrected chi connectivity index (χ0v) is 19.4. The van der Waals surface area contributed by atoms with Crippen molar-refractivity contribution in [3.63, 3.8) is 0 Å². The summed E-state index contributed by atoms with van der Waals surface area (Å²) in [5, 5.41) is 8.86. The molecule has 0 aliphatic rings. The van der Waals surface area contributed by atoms with Gasteiger partial charge in [-0.1, -0.05) is 58.4 Å². The van der Waals surface area contributed by atoms with Gasteiger partial charge >= 0.3 is 0 Å². The molecular formula is C24H20BrN3O3S. The molecule has 4 aromatic rings. The van der Waals surface area contributed by atoms with E-state index in [4.69, 9.17) is 10.1 Å². The van der Waals surface area contributed by atoms with Gasteiger partial charge in [-0.25, -0.2) is 18.5 Å². The summed E-state index contributed by atoms with van der Waals surface area (Å²) in [5.74, 6) is -0.194. The lowest BCUT2D eigenvalue weighted by Crippen LogP contribution is -2.26. The van der Waals surface area contributed by atoms with Gasteiger partial charge in [0.15, 0.2) is 0 Å². The maximum atomic E-state index is 13.0. The summed E-state index contributed by atoms with van der Waals surface area (Å²) in [5.41, 5.74) is 3.82. The zero-order valence-electron chi connectivity index (χ0n) is 17.0. The van der Waals surface area contributed by atoms with Crippen molar-refractivity contribution in [1.29, 1.82) is 0 Å². The number of rotatable bonds is 6. The number of halogens is 1. The van der Waals surface area contributed by atoms with Gasteiger partial charge in [0.05, 0.1) is 21.7 Å². The topological polar surface area (TPSA) is 102 Å². The highest BCUT2D eigenvalue weighted by molar-refractivity contribution is 9.10. The fourth-order valence-corrected chi connectivity index (χ4v) is 4.34. The Morgan fingerprint density at radius 2 is 1.72 bits per heavy atom. The molecule has 3 aromatic carbocycles. The molecule has 1 amide bonds. The lowest BCUT2D eigenvalue weighted by Gasteiger charge is -2.11. The first-order valence-corrected chi connectivity index (χ1v) is 12.2. The van der Waals surface area contributed by atoms with E-state index >= 15 is 0 Å². The Hall–Kier alpha value is -3.07. The minimum absolute atomic E-state index is 0.0635. The number of carbonyl (C=O) groups excluding carboxylic acids is 1. The zero-order chi connectivity index (χ0) is 22.7. The van der Waals surface area contributed by atoms with Crippen molar-refractivity contribution in [1.82, 2.24) is 10.3 Å². The number of para-hydroxylation sites is 1. The van der Waals surface area contributed by atoms with Crippen molar-refractivity contribution < 1.29 is 13.2 Å². The smallest absolute Gasteiger partial charge is 0.252 e. The number of benzene rings is 3. The molecule has 0 atom stereocenters. The number of nitrogens with two attached hydrogens (primary N) is 1. The summed E-state index contributed by atoms with van der Waals surface area (Å²) >= 11 is 3.48. The second-order valence-electron chi connectivity index (χ2n) is 7.28. The van der Waals surface area contributed by atoms with E-state index < -0.39 is 10.0 Å². The molecule has 3 N–H and O–H groups in total. The normalized spacial score (nSPS) is 11.4. The van der Waals surface area contributed by atoms with Gasteiger partial charge in [0.2, 0.25) is 10.0 Å². The third kappa shape index (κ3) is 5.04. The van der Waals surface area contributed by atoms with Crippen LogP contribution in [0.3, 0.4) is 0 Å². The molecule has 0 radical (unpaired) electrons. The Morgan fingerprint density at radius 3 is 2.44 bits per heavy atom. The van der Waals surface area contributed by atoms with Crippen LogP contribution < -0.4 is 10.5 Å². The average molecular weight is 510 g/mol. The minimum Gasteiger partial charge on any atom is -0.352 e. The highest BCUT2D eigenvalue weighted by Gasteiger charge is 2.14. The van der Waals surface area contributed by atoms with E-state index in [0.29, 0.717) is 24.2 Å². The van der Waals surface area contributed by atoms with Crippen LogP contribution in [0.5, 0.6) is 0 Å². The van der Waals surface area contributed by atoms with Gasteiger partial charge in [0.25, 0.3) is 5.91 Å². The monoisotopic (exact) mass is 509 g/mol. The second kappa shape index (κ2) is 9.20. The van der Waals surface area contributed by atoms with E-state index in [-0.39, 0.29) is 10.8 Å². The number of pyridine rings is 1. The van der Waals surface area contributed by atoms with Crippen LogP contribution in [0.2, 0.25) is 0 Å². The van der Waals surface area contributed by atoms with Crippen LogP contribution in [0.25, 0.3) is 22.2 Å². The first-order valence-electron chi connectivity index (χ1n) is 9.87. The van der Waals surface area contributed by atoms with E-state index in [0.717, 1.165) is 26.5 Å². The molecule has 4 rings (SSSR count). The predicted octanol–water partition coefficient (Wildman–Crippen LogP) is 4.28. The summed E-state index contributed by atoms with van der Waals surface area (Å²) in [4.78, 5) is 17.8. The molecule has 0 unspecified atom stereocenters. The molecule has 0 saturated carbocycles. The third-order valence-electron chi connectivity index (χ3n) is 5.03.